The van der Waals surface area contributed by atoms with Crippen LogP contribution in [-0.4, -0.2) is 28.6 Å². The first-order valence-electron chi connectivity index (χ1n) is 15.4. The van der Waals surface area contributed by atoms with Crippen LogP contribution in [0.3, 0.4) is 0 Å². The zero-order valence-electron chi connectivity index (χ0n) is 25.2. The Bertz CT molecular complexity index is 3490. The van der Waals surface area contributed by atoms with Crippen LogP contribution in [0.2, 0.25) is 0 Å². The summed E-state index contributed by atoms with van der Waals surface area (Å²) in [6, 6.07) is 20.5. The third-order valence-electron chi connectivity index (χ3n) is 10.2. The molecule has 0 aliphatic carbocycles. The Morgan fingerprint density at radius 3 is 1.34 bits per heavy atom. The molecule has 0 spiro atoms. The van der Waals surface area contributed by atoms with Crippen LogP contribution in [0.15, 0.2) is 82.4 Å². The summed E-state index contributed by atoms with van der Waals surface area (Å²) in [5.41, 5.74) is 12.6. The van der Waals surface area contributed by atoms with Gasteiger partial charge in [-0.15, -0.1) is 0 Å². The van der Waals surface area contributed by atoms with Gasteiger partial charge in [-0.1, -0.05) is 24.3 Å². The Hall–Kier alpha value is -7.48. The molecule has 236 valence electrons. The van der Waals surface area contributed by atoms with Crippen molar-refractivity contribution < 1.29 is 9.85 Å². The highest BCUT2D eigenvalue weighted by molar-refractivity contribution is 6.40. The Balaban J connectivity index is 1.31. The van der Waals surface area contributed by atoms with Crippen LogP contribution in [0.25, 0.3) is 98.0 Å². The van der Waals surface area contributed by atoms with Crippen LogP contribution in [0, 0.1) is 20.2 Å². The third-order valence-corrected chi connectivity index (χ3v) is 10.2. The Labute approximate surface area is 274 Å². The minimum Gasteiger partial charge on any atom is -0.393 e. The van der Waals surface area contributed by atoms with E-state index in [0.717, 1.165) is 32.3 Å². The lowest BCUT2D eigenvalue weighted by Gasteiger charge is -2.18. The molecule has 0 saturated heterocycles. The molecular formula is C36H16N8O6. The summed E-state index contributed by atoms with van der Waals surface area (Å²) in [6.45, 7) is 0. The van der Waals surface area contributed by atoms with Crippen molar-refractivity contribution in [1.82, 2.24) is 18.8 Å². The number of aromatic nitrogens is 4. The van der Waals surface area contributed by atoms with Crippen LogP contribution in [0.4, 0.5) is 22.7 Å². The van der Waals surface area contributed by atoms with Crippen molar-refractivity contribution >= 4 is 121 Å². The number of benzene rings is 7. The van der Waals surface area contributed by atoms with E-state index in [1.807, 2.05) is 36.4 Å². The molecule has 14 nitrogen and oxygen atoms in total. The van der Waals surface area contributed by atoms with E-state index in [0.29, 0.717) is 60.2 Å². The fourth-order valence-electron chi connectivity index (χ4n) is 8.21. The van der Waals surface area contributed by atoms with Crippen LogP contribution >= 0.6 is 0 Å². The second-order valence-corrected chi connectivity index (χ2v) is 12.6. The molecule has 4 aromatic heterocycles. The maximum atomic E-state index is 14.2. The molecule has 0 aliphatic heterocycles. The van der Waals surface area contributed by atoms with Crippen molar-refractivity contribution in [3.05, 3.63) is 114 Å². The van der Waals surface area contributed by atoms with E-state index in [1.54, 1.807) is 12.1 Å². The molecule has 0 unspecified atom stereocenters. The Morgan fingerprint density at radius 2 is 0.860 bits per heavy atom. The van der Waals surface area contributed by atoms with E-state index < -0.39 is 9.85 Å². The number of nitrogens with zero attached hydrogens (tertiary/aromatic N) is 6. The van der Waals surface area contributed by atoms with Gasteiger partial charge in [0.25, 0.3) is 22.5 Å². The summed E-state index contributed by atoms with van der Waals surface area (Å²) in [5.74, 6) is 0. The molecule has 14 heteroatoms. The molecule has 0 atom stereocenters. The number of nitrogen functional groups attached to an aromatic ring is 2. The molecule has 4 N–H and O–H groups in total. The number of fused-ring (bicyclic) bond motifs is 10. The van der Waals surface area contributed by atoms with Gasteiger partial charge in [-0.25, -0.2) is 9.97 Å². The quantitative estimate of drug-likeness (QED) is 0.0705. The number of nitrogens with two attached hydrogens (primary N) is 2. The van der Waals surface area contributed by atoms with Gasteiger partial charge in [-0.2, -0.15) is 0 Å². The van der Waals surface area contributed by atoms with Gasteiger partial charge in [-0.3, -0.25) is 38.6 Å². The van der Waals surface area contributed by atoms with Gasteiger partial charge in [0.2, 0.25) is 0 Å². The third kappa shape index (κ3) is 2.87. The fourth-order valence-corrected chi connectivity index (χ4v) is 8.21. The number of anilines is 2. The topological polar surface area (TPSA) is 207 Å². The predicted octanol–water partition coefficient (Wildman–Crippen LogP) is 6.22. The van der Waals surface area contributed by atoms with Crippen LogP contribution in [0.5, 0.6) is 0 Å². The zero-order valence-corrected chi connectivity index (χ0v) is 25.2. The second-order valence-electron chi connectivity index (χ2n) is 12.6. The molecule has 11 rings (SSSR count). The van der Waals surface area contributed by atoms with E-state index >= 15 is 0 Å². The molecule has 0 amide bonds. The molecule has 50 heavy (non-hydrogen) atoms. The smallest absolute Gasteiger partial charge is 0.294 e. The molecule has 0 aliphatic rings. The molecule has 11 aromatic rings. The normalized spacial score (nSPS) is 12.6. The van der Waals surface area contributed by atoms with Gasteiger partial charge >= 0.3 is 0 Å². The van der Waals surface area contributed by atoms with Crippen molar-refractivity contribution in [1.29, 1.82) is 0 Å². The van der Waals surface area contributed by atoms with Gasteiger partial charge in [0.1, 0.15) is 22.7 Å². The molecule has 7 aromatic carbocycles. The van der Waals surface area contributed by atoms with Crippen LogP contribution < -0.4 is 22.6 Å². The van der Waals surface area contributed by atoms with E-state index in [-0.39, 0.29) is 39.4 Å². The summed E-state index contributed by atoms with van der Waals surface area (Å²) in [7, 11) is 0. The van der Waals surface area contributed by atoms with Crippen molar-refractivity contribution in [3.8, 4) is 0 Å². The first kappa shape index (κ1) is 26.6. The molecule has 4 heterocycles. The SMILES string of the molecule is Nc1cc2c(cc1[N+](=O)[O-])nc1c3ccc4c5ccc6c(=O)n7c8cc([N+](=O)[O-])c(N)cc8nc7c7ccc(c8ccc(c(=O)n21)c3c48)c5c67. The van der Waals surface area contributed by atoms with E-state index in [1.165, 1.54) is 33.1 Å². The largest absolute Gasteiger partial charge is 0.393 e. The van der Waals surface area contributed by atoms with Gasteiger partial charge in [0, 0.05) is 44.5 Å². The summed E-state index contributed by atoms with van der Waals surface area (Å²) in [6.07, 6.45) is 0. The Morgan fingerprint density at radius 1 is 0.500 bits per heavy atom. The van der Waals surface area contributed by atoms with Gasteiger partial charge in [0.15, 0.2) is 0 Å². The van der Waals surface area contributed by atoms with Crippen LogP contribution in [0.1, 0.15) is 0 Å². The van der Waals surface area contributed by atoms with Crippen molar-refractivity contribution in [2.24, 2.45) is 0 Å². The summed E-state index contributed by atoms with van der Waals surface area (Å²) >= 11 is 0. The van der Waals surface area contributed by atoms with E-state index in [4.69, 9.17) is 21.4 Å². The fraction of sp³-hybridized carbons (Fsp3) is 0. The number of imidazole rings is 2. The minimum atomic E-state index is -0.583. The van der Waals surface area contributed by atoms with Crippen molar-refractivity contribution in [2.75, 3.05) is 11.5 Å². The second kappa shape index (κ2) is 8.32. The number of pyridine rings is 2. The van der Waals surface area contributed by atoms with Gasteiger partial charge in [0.05, 0.1) is 31.9 Å². The lowest BCUT2D eigenvalue weighted by atomic mass is 9.86. The zero-order chi connectivity index (χ0) is 34.1. The lowest BCUT2D eigenvalue weighted by Crippen LogP contribution is -2.14. The van der Waals surface area contributed by atoms with Gasteiger partial charge in [-0.05, 0) is 68.7 Å². The maximum Gasteiger partial charge on any atom is 0.294 e. The monoisotopic (exact) mass is 656 g/mol. The molecule has 0 radical (unpaired) electrons. The number of nitro benzene ring substituents is 2. The number of hydrogen-bond acceptors (Lipinski definition) is 10. The van der Waals surface area contributed by atoms with Crippen LogP contribution in [-0.2, 0) is 0 Å². The minimum absolute atomic E-state index is 0.0452. The van der Waals surface area contributed by atoms with Gasteiger partial charge < -0.3 is 11.5 Å². The predicted molar refractivity (Wildman–Crippen MR) is 192 cm³/mol. The maximum absolute atomic E-state index is 14.2. The average Bonchev–Trinajstić information content (AvgIpc) is 3.66. The lowest BCUT2D eigenvalue weighted by molar-refractivity contribution is -0.383. The summed E-state index contributed by atoms with van der Waals surface area (Å²) in [4.78, 5) is 59.9. The molecule has 0 saturated carbocycles. The highest BCUT2D eigenvalue weighted by Crippen LogP contribution is 2.46. The van der Waals surface area contributed by atoms with Crippen molar-refractivity contribution in [2.45, 2.75) is 0 Å². The first-order chi connectivity index (χ1) is 24.1. The Kier molecular flexibility index (Phi) is 4.42. The number of rotatable bonds is 2. The molecular weight excluding hydrogens is 640 g/mol. The number of nitro groups is 2. The van der Waals surface area contributed by atoms with E-state index in [2.05, 4.69) is 0 Å². The number of hydrogen-bond donors (Lipinski definition) is 2. The highest BCUT2D eigenvalue weighted by atomic mass is 16.6. The van der Waals surface area contributed by atoms with Crippen molar-refractivity contribution in [3.63, 3.8) is 0 Å². The average molecular weight is 657 g/mol. The van der Waals surface area contributed by atoms with E-state index in [9.17, 15) is 29.8 Å². The molecule has 0 bridgehead atoms. The summed E-state index contributed by atoms with van der Waals surface area (Å²) in [5, 5.41) is 32.1. The summed E-state index contributed by atoms with van der Waals surface area (Å²) < 4.78 is 2.86. The first-order valence-corrected chi connectivity index (χ1v) is 15.4. The standard InChI is InChI=1S/C36H16N8O6/c37-21-9-23-28(12-26(21)44(49)50)42-33(39-23)17-5-1-13-15-3-7-19-32-18(6-2-14(30(15)32)16-4-8-20(36(42)46)31(17)29(13)16)34-40-24-11-25(43(47)48)22(38)10-27(24)41(34)35(19)45/h1-12H,37-38H2. The molecule has 0 fully saturated rings. The highest BCUT2D eigenvalue weighted by Gasteiger charge is 2.26.